The number of alkyl carbamates (subject to hydrolysis) is 1. The van der Waals surface area contributed by atoms with Gasteiger partial charge in [-0.05, 0) is 25.0 Å². The molecule has 2 amide bonds. The number of piperidine rings is 1. The lowest BCUT2D eigenvalue weighted by Gasteiger charge is -2.33. The van der Waals surface area contributed by atoms with Gasteiger partial charge in [0.15, 0.2) is 6.10 Å². The van der Waals surface area contributed by atoms with E-state index in [1.807, 2.05) is 24.3 Å². The number of carbonyl (C=O) groups excluding carboxylic acids is 2. The fourth-order valence-electron chi connectivity index (χ4n) is 2.65. The second-order valence-corrected chi connectivity index (χ2v) is 5.60. The molecule has 2 heterocycles. The molecule has 2 aliphatic heterocycles. The molecule has 7 nitrogen and oxygen atoms in total. The van der Waals surface area contributed by atoms with Crippen molar-refractivity contribution in [2.75, 3.05) is 31.8 Å². The van der Waals surface area contributed by atoms with Crippen molar-refractivity contribution >= 4 is 17.7 Å². The van der Waals surface area contributed by atoms with Crippen LogP contribution >= 0.6 is 0 Å². The van der Waals surface area contributed by atoms with Crippen LogP contribution in [0, 0.1) is 0 Å². The molecule has 23 heavy (non-hydrogen) atoms. The van der Waals surface area contributed by atoms with E-state index in [9.17, 15) is 9.59 Å². The first kappa shape index (κ1) is 15.6. The van der Waals surface area contributed by atoms with Crippen LogP contribution in [0.2, 0.25) is 0 Å². The van der Waals surface area contributed by atoms with Crippen LogP contribution < -0.4 is 15.0 Å². The fraction of sp³-hybridized carbons (Fsp3) is 0.500. The van der Waals surface area contributed by atoms with Crippen LogP contribution in [0.1, 0.15) is 12.8 Å². The first-order chi connectivity index (χ1) is 11.2. The number of rotatable bonds is 4. The first-order valence-electron chi connectivity index (χ1n) is 7.67. The highest BCUT2D eigenvalue weighted by molar-refractivity contribution is 5.99. The molecular weight excluding hydrogens is 300 g/mol. The van der Waals surface area contributed by atoms with Crippen LogP contribution in [-0.4, -0.2) is 51.0 Å². The Hall–Kier alpha value is -2.28. The Morgan fingerprint density at radius 2 is 2.22 bits per heavy atom. The molecule has 0 aliphatic carbocycles. The van der Waals surface area contributed by atoms with E-state index in [1.165, 1.54) is 0 Å². The van der Waals surface area contributed by atoms with E-state index in [1.54, 1.807) is 12.0 Å². The largest absolute Gasteiger partial charge is 0.497 e. The first-order valence-corrected chi connectivity index (χ1v) is 7.67. The number of benzene rings is 1. The van der Waals surface area contributed by atoms with Gasteiger partial charge in [-0.2, -0.15) is 0 Å². The van der Waals surface area contributed by atoms with E-state index in [-0.39, 0.29) is 12.0 Å². The van der Waals surface area contributed by atoms with E-state index in [0.717, 1.165) is 12.1 Å². The van der Waals surface area contributed by atoms with Crippen LogP contribution in [0.15, 0.2) is 24.3 Å². The molecule has 1 unspecified atom stereocenters. The third-order valence-corrected chi connectivity index (χ3v) is 3.98. The molecule has 0 radical (unpaired) electrons. The maximum absolute atomic E-state index is 12.6. The van der Waals surface area contributed by atoms with Crippen LogP contribution in [0.5, 0.6) is 5.75 Å². The summed E-state index contributed by atoms with van der Waals surface area (Å²) in [6, 6.07) is 6.76. The van der Waals surface area contributed by atoms with E-state index in [2.05, 4.69) is 5.32 Å². The molecule has 2 fully saturated rings. The standard InChI is InChI=1S/C16H20N2O5/c1-21-12-5-2-4-11(8-12)18-7-3-6-14(15(18)19)17-16(20)23-13-9-22-10-13/h2,4-5,8,13-14H,3,6-7,9-10H2,1H3,(H,17,20). The Morgan fingerprint density at radius 3 is 2.91 bits per heavy atom. The Bertz CT molecular complexity index is 588. The van der Waals surface area contributed by atoms with Crippen molar-refractivity contribution in [2.24, 2.45) is 0 Å². The summed E-state index contributed by atoms with van der Waals surface area (Å²) in [5.41, 5.74) is 0.765. The van der Waals surface area contributed by atoms with Crippen LogP contribution in [0.4, 0.5) is 10.5 Å². The zero-order chi connectivity index (χ0) is 16.2. The molecule has 124 valence electrons. The highest BCUT2D eigenvalue weighted by Crippen LogP contribution is 2.25. The van der Waals surface area contributed by atoms with E-state index < -0.39 is 12.1 Å². The van der Waals surface area contributed by atoms with Crippen LogP contribution in [-0.2, 0) is 14.3 Å². The summed E-state index contributed by atoms with van der Waals surface area (Å²) in [6.45, 7) is 1.46. The normalized spacial score (nSPS) is 21.5. The van der Waals surface area contributed by atoms with Crippen molar-refractivity contribution in [3.05, 3.63) is 24.3 Å². The average Bonchev–Trinajstić information content (AvgIpc) is 2.53. The Balaban J connectivity index is 1.64. The van der Waals surface area contributed by atoms with Gasteiger partial charge >= 0.3 is 6.09 Å². The van der Waals surface area contributed by atoms with Gasteiger partial charge in [0.2, 0.25) is 5.91 Å². The Morgan fingerprint density at radius 1 is 1.39 bits per heavy atom. The summed E-state index contributed by atoms with van der Waals surface area (Å²) in [6.07, 6.45) is 0.642. The molecular formula is C16H20N2O5. The number of nitrogens with one attached hydrogen (secondary N) is 1. The molecule has 7 heteroatoms. The topological polar surface area (TPSA) is 77.1 Å². The van der Waals surface area contributed by atoms with Crippen LogP contribution in [0.3, 0.4) is 0 Å². The third-order valence-electron chi connectivity index (χ3n) is 3.98. The molecule has 2 saturated heterocycles. The number of methoxy groups -OCH3 is 1. The van der Waals surface area contributed by atoms with Gasteiger partial charge in [0.05, 0.1) is 20.3 Å². The van der Waals surface area contributed by atoms with Gasteiger partial charge in [0, 0.05) is 18.3 Å². The minimum absolute atomic E-state index is 0.133. The molecule has 1 aromatic rings. The molecule has 1 aromatic carbocycles. The van der Waals surface area contributed by atoms with Gasteiger partial charge in [-0.25, -0.2) is 4.79 Å². The van der Waals surface area contributed by atoms with E-state index in [0.29, 0.717) is 31.9 Å². The SMILES string of the molecule is COc1cccc(N2CCCC(NC(=O)OC3COC3)C2=O)c1. The quantitative estimate of drug-likeness (QED) is 0.905. The molecule has 0 spiro atoms. The van der Waals surface area contributed by atoms with E-state index >= 15 is 0 Å². The van der Waals surface area contributed by atoms with Crippen molar-refractivity contribution in [1.82, 2.24) is 5.32 Å². The molecule has 0 saturated carbocycles. The van der Waals surface area contributed by atoms with Crippen molar-refractivity contribution in [2.45, 2.75) is 25.0 Å². The lowest BCUT2D eigenvalue weighted by Crippen LogP contribution is -2.53. The average molecular weight is 320 g/mol. The molecule has 2 aliphatic rings. The summed E-state index contributed by atoms with van der Waals surface area (Å²) in [5.74, 6) is 0.557. The van der Waals surface area contributed by atoms with Gasteiger partial charge in [0.25, 0.3) is 0 Å². The minimum atomic E-state index is -0.566. The van der Waals surface area contributed by atoms with Gasteiger partial charge < -0.3 is 24.4 Å². The number of anilines is 1. The molecule has 1 N–H and O–H groups in total. The number of hydrogen-bond donors (Lipinski definition) is 1. The minimum Gasteiger partial charge on any atom is -0.497 e. The molecule has 0 aromatic heterocycles. The zero-order valence-corrected chi connectivity index (χ0v) is 13.0. The number of amides is 2. The summed E-state index contributed by atoms with van der Waals surface area (Å²) in [4.78, 5) is 26.1. The summed E-state index contributed by atoms with van der Waals surface area (Å²) in [5, 5.41) is 2.66. The summed E-state index contributed by atoms with van der Waals surface area (Å²) >= 11 is 0. The predicted molar refractivity (Wildman–Crippen MR) is 82.6 cm³/mol. The van der Waals surface area contributed by atoms with Gasteiger partial charge in [-0.1, -0.05) is 6.07 Å². The lowest BCUT2D eigenvalue weighted by atomic mass is 10.0. The number of carbonyl (C=O) groups is 2. The fourth-order valence-corrected chi connectivity index (χ4v) is 2.65. The second-order valence-electron chi connectivity index (χ2n) is 5.60. The van der Waals surface area contributed by atoms with Gasteiger partial charge in [0.1, 0.15) is 11.8 Å². The van der Waals surface area contributed by atoms with Crippen LogP contribution in [0.25, 0.3) is 0 Å². The summed E-state index contributed by atoms with van der Waals surface area (Å²) < 4.78 is 15.3. The molecule has 3 rings (SSSR count). The highest BCUT2D eigenvalue weighted by atomic mass is 16.6. The molecule has 0 bridgehead atoms. The Labute approximate surface area is 134 Å². The number of hydrogen-bond acceptors (Lipinski definition) is 5. The molecule has 1 atom stereocenters. The lowest BCUT2D eigenvalue weighted by molar-refractivity contribution is -0.122. The smallest absolute Gasteiger partial charge is 0.408 e. The van der Waals surface area contributed by atoms with Gasteiger partial charge in [-0.15, -0.1) is 0 Å². The zero-order valence-electron chi connectivity index (χ0n) is 13.0. The van der Waals surface area contributed by atoms with Crippen molar-refractivity contribution in [3.63, 3.8) is 0 Å². The van der Waals surface area contributed by atoms with Crippen molar-refractivity contribution < 1.29 is 23.8 Å². The van der Waals surface area contributed by atoms with Crippen molar-refractivity contribution in [3.8, 4) is 5.75 Å². The second kappa shape index (κ2) is 6.87. The summed E-state index contributed by atoms with van der Waals surface area (Å²) in [7, 11) is 1.58. The van der Waals surface area contributed by atoms with E-state index in [4.69, 9.17) is 14.2 Å². The van der Waals surface area contributed by atoms with Crippen molar-refractivity contribution in [1.29, 1.82) is 0 Å². The maximum atomic E-state index is 12.6. The van der Waals surface area contributed by atoms with Gasteiger partial charge in [-0.3, -0.25) is 4.79 Å². The Kier molecular flexibility index (Phi) is 4.66. The highest BCUT2D eigenvalue weighted by Gasteiger charge is 2.32. The number of nitrogens with zero attached hydrogens (tertiary/aromatic N) is 1. The maximum Gasteiger partial charge on any atom is 0.408 e. The monoisotopic (exact) mass is 320 g/mol. The number of ether oxygens (including phenoxy) is 3. The predicted octanol–water partition coefficient (Wildman–Crippen LogP) is 1.32. The third kappa shape index (κ3) is 3.56.